The minimum atomic E-state index is -0.214. The lowest BCUT2D eigenvalue weighted by Crippen LogP contribution is -2.23. The first-order chi connectivity index (χ1) is 12.1. The summed E-state index contributed by atoms with van der Waals surface area (Å²) >= 11 is 0. The quantitative estimate of drug-likeness (QED) is 0.796. The second-order valence-electron chi connectivity index (χ2n) is 5.16. The van der Waals surface area contributed by atoms with Crippen molar-refractivity contribution < 1.29 is 23.7 Å². The summed E-state index contributed by atoms with van der Waals surface area (Å²) in [5, 5.41) is 2.88. The van der Waals surface area contributed by atoms with Crippen molar-refractivity contribution in [3.8, 4) is 23.0 Å². The molecule has 6 nitrogen and oxygen atoms in total. The average Bonchev–Trinajstić information content (AvgIpc) is 2.65. The number of hydrogen-bond donors (Lipinski definition) is 1. The van der Waals surface area contributed by atoms with Crippen LogP contribution in [0.4, 0.5) is 0 Å². The van der Waals surface area contributed by atoms with E-state index in [0.29, 0.717) is 41.7 Å². The van der Waals surface area contributed by atoms with Crippen LogP contribution in [-0.4, -0.2) is 33.8 Å². The predicted octanol–water partition coefficient (Wildman–Crippen LogP) is 3.04. The highest BCUT2D eigenvalue weighted by Gasteiger charge is 2.12. The van der Waals surface area contributed by atoms with E-state index in [4.69, 9.17) is 18.9 Å². The fraction of sp³-hybridized carbons (Fsp3) is 0.316. The van der Waals surface area contributed by atoms with Gasteiger partial charge in [-0.25, -0.2) is 0 Å². The fourth-order valence-electron chi connectivity index (χ4n) is 2.38. The molecule has 6 heteroatoms. The van der Waals surface area contributed by atoms with Crippen molar-refractivity contribution in [2.75, 3.05) is 27.9 Å². The number of carbonyl (C=O) groups is 1. The Labute approximate surface area is 147 Å². The molecule has 0 spiro atoms. The summed E-state index contributed by atoms with van der Waals surface area (Å²) in [7, 11) is 4.74. The van der Waals surface area contributed by atoms with E-state index < -0.39 is 0 Å². The molecule has 134 valence electrons. The maximum atomic E-state index is 12.4. The Kier molecular flexibility index (Phi) is 6.51. The molecular formula is C19H23NO5. The van der Waals surface area contributed by atoms with Gasteiger partial charge in [-0.1, -0.05) is 0 Å². The number of amides is 1. The van der Waals surface area contributed by atoms with E-state index in [9.17, 15) is 4.79 Å². The average molecular weight is 345 g/mol. The number of rotatable bonds is 8. The molecule has 25 heavy (non-hydrogen) atoms. The highest BCUT2D eigenvalue weighted by Crippen LogP contribution is 2.28. The highest BCUT2D eigenvalue weighted by molar-refractivity contribution is 5.94. The standard InChI is InChI=1S/C19H23NO5/c1-5-25-18-11-13(6-8-17(18)24-4)19(21)20-12-14-10-15(22-2)7-9-16(14)23-3/h6-11H,5,12H2,1-4H3,(H,20,21). The van der Waals surface area contributed by atoms with Crippen LogP contribution in [0.5, 0.6) is 23.0 Å². The van der Waals surface area contributed by atoms with Gasteiger partial charge in [0.25, 0.3) is 5.91 Å². The summed E-state index contributed by atoms with van der Waals surface area (Å²) in [6.07, 6.45) is 0. The first-order valence-electron chi connectivity index (χ1n) is 7.92. The van der Waals surface area contributed by atoms with Crippen molar-refractivity contribution in [3.05, 3.63) is 47.5 Å². The molecule has 0 saturated carbocycles. The summed E-state index contributed by atoms with van der Waals surface area (Å²) < 4.78 is 21.3. The van der Waals surface area contributed by atoms with Gasteiger partial charge < -0.3 is 24.3 Å². The monoisotopic (exact) mass is 345 g/mol. The molecule has 0 fully saturated rings. The zero-order valence-corrected chi connectivity index (χ0v) is 14.9. The number of nitrogens with one attached hydrogen (secondary N) is 1. The van der Waals surface area contributed by atoms with Gasteiger partial charge in [0.2, 0.25) is 0 Å². The summed E-state index contributed by atoms with van der Waals surface area (Å²) in [4.78, 5) is 12.4. The highest BCUT2D eigenvalue weighted by atomic mass is 16.5. The van der Waals surface area contributed by atoms with Gasteiger partial charge in [-0.3, -0.25) is 4.79 Å². The SMILES string of the molecule is CCOc1cc(C(=O)NCc2cc(OC)ccc2OC)ccc1OC. The van der Waals surface area contributed by atoms with Gasteiger partial charge >= 0.3 is 0 Å². The van der Waals surface area contributed by atoms with Crippen molar-refractivity contribution in [3.63, 3.8) is 0 Å². The Hall–Kier alpha value is -2.89. The van der Waals surface area contributed by atoms with Gasteiger partial charge in [0.05, 0.1) is 27.9 Å². The maximum absolute atomic E-state index is 12.4. The van der Waals surface area contributed by atoms with Gasteiger partial charge in [-0.2, -0.15) is 0 Å². The third-order valence-electron chi connectivity index (χ3n) is 3.65. The lowest BCUT2D eigenvalue weighted by atomic mass is 10.1. The molecule has 0 aliphatic rings. The molecule has 0 radical (unpaired) electrons. The zero-order valence-electron chi connectivity index (χ0n) is 14.9. The van der Waals surface area contributed by atoms with Crippen LogP contribution in [-0.2, 0) is 6.54 Å². The third-order valence-corrected chi connectivity index (χ3v) is 3.65. The van der Waals surface area contributed by atoms with Crippen LogP contribution < -0.4 is 24.3 Å². The predicted molar refractivity (Wildman–Crippen MR) is 94.9 cm³/mol. The minimum absolute atomic E-state index is 0.214. The molecule has 0 saturated heterocycles. The van der Waals surface area contributed by atoms with Crippen LogP contribution in [0.15, 0.2) is 36.4 Å². The topological polar surface area (TPSA) is 66.0 Å². The smallest absolute Gasteiger partial charge is 0.251 e. The van der Waals surface area contributed by atoms with Gasteiger partial charge in [0, 0.05) is 17.7 Å². The first-order valence-corrected chi connectivity index (χ1v) is 7.92. The normalized spacial score (nSPS) is 10.1. The molecule has 0 bridgehead atoms. The van der Waals surface area contributed by atoms with E-state index in [1.807, 2.05) is 19.1 Å². The number of methoxy groups -OCH3 is 3. The van der Waals surface area contributed by atoms with Gasteiger partial charge in [-0.15, -0.1) is 0 Å². The summed E-state index contributed by atoms with van der Waals surface area (Å²) in [6.45, 7) is 2.68. The molecule has 0 aliphatic carbocycles. The Morgan fingerprint density at radius 3 is 2.28 bits per heavy atom. The molecule has 0 atom stereocenters. The van der Waals surface area contributed by atoms with Crippen LogP contribution in [0.25, 0.3) is 0 Å². The number of hydrogen-bond acceptors (Lipinski definition) is 5. The van der Waals surface area contributed by atoms with E-state index in [1.165, 1.54) is 0 Å². The van der Waals surface area contributed by atoms with Crippen LogP contribution in [0.2, 0.25) is 0 Å². The molecule has 2 aromatic rings. The van der Waals surface area contributed by atoms with Gasteiger partial charge in [0.1, 0.15) is 11.5 Å². The summed E-state index contributed by atoms with van der Waals surface area (Å²) in [5.74, 6) is 2.30. The van der Waals surface area contributed by atoms with E-state index in [-0.39, 0.29) is 5.91 Å². The Bertz CT molecular complexity index is 730. The molecule has 1 N–H and O–H groups in total. The zero-order chi connectivity index (χ0) is 18.2. The Morgan fingerprint density at radius 1 is 0.920 bits per heavy atom. The summed E-state index contributed by atoms with van der Waals surface area (Å²) in [5.41, 5.74) is 1.32. The van der Waals surface area contributed by atoms with E-state index >= 15 is 0 Å². The van der Waals surface area contributed by atoms with Crippen molar-refractivity contribution in [2.24, 2.45) is 0 Å². The van der Waals surface area contributed by atoms with E-state index in [0.717, 1.165) is 5.56 Å². The fourth-order valence-corrected chi connectivity index (χ4v) is 2.38. The van der Waals surface area contributed by atoms with Crippen LogP contribution in [0.1, 0.15) is 22.8 Å². The minimum Gasteiger partial charge on any atom is -0.497 e. The van der Waals surface area contributed by atoms with E-state index in [2.05, 4.69) is 5.32 Å². The maximum Gasteiger partial charge on any atom is 0.251 e. The van der Waals surface area contributed by atoms with Gasteiger partial charge in [0.15, 0.2) is 11.5 Å². The largest absolute Gasteiger partial charge is 0.497 e. The molecule has 2 aromatic carbocycles. The third kappa shape index (κ3) is 4.56. The van der Waals surface area contributed by atoms with E-state index in [1.54, 1.807) is 45.6 Å². The second kappa shape index (κ2) is 8.82. The lowest BCUT2D eigenvalue weighted by molar-refractivity contribution is 0.0950. The van der Waals surface area contributed by atoms with Crippen molar-refractivity contribution in [2.45, 2.75) is 13.5 Å². The number of ether oxygens (including phenoxy) is 4. The molecule has 0 aromatic heterocycles. The number of carbonyl (C=O) groups excluding carboxylic acids is 1. The van der Waals surface area contributed by atoms with Crippen molar-refractivity contribution in [1.82, 2.24) is 5.32 Å². The van der Waals surface area contributed by atoms with Crippen LogP contribution in [0, 0.1) is 0 Å². The first kappa shape index (κ1) is 18.4. The molecule has 1 amide bonds. The molecular weight excluding hydrogens is 322 g/mol. The van der Waals surface area contributed by atoms with Crippen molar-refractivity contribution >= 4 is 5.91 Å². The number of benzene rings is 2. The molecule has 0 aliphatic heterocycles. The van der Waals surface area contributed by atoms with Crippen molar-refractivity contribution in [1.29, 1.82) is 0 Å². The van der Waals surface area contributed by atoms with Gasteiger partial charge in [-0.05, 0) is 43.3 Å². The van der Waals surface area contributed by atoms with Crippen LogP contribution in [0.3, 0.4) is 0 Å². The van der Waals surface area contributed by atoms with Crippen LogP contribution >= 0.6 is 0 Å². The summed E-state index contributed by atoms with van der Waals surface area (Å²) in [6, 6.07) is 10.5. The Morgan fingerprint density at radius 2 is 1.64 bits per heavy atom. The molecule has 0 unspecified atom stereocenters. The Balaban J connectivity index is 2.14. The lowest BCUT2D eigenvalue weighted by Gasteiger charge is -2.13. The second-order valence-corrected chi connectivity index (χ2v) is 5.16. The molecule has 0 heterocycles. The molecule has 2 rings (SSSR count).